The molecule has 1 aliphatic rings. The van der Waals surface area contributed by atoms with Crippen LogP contribution in [0.3, 0.4) is 0 Å². The van der Waals surface area contributed by atoms with Gasteiger partial charge in [0.15, 0.2) is 0 Å². The quantitative estimate of drug-likeness (QED) is 0.921. The molecule has 0 aliphatic carbocycles. The van der Waals surface area contributed by atoms with Gasteiger partial charge < -0.3 is 5.11 Å². The van der Waals surface area contributed by atoms with Crippen LogP contribution in [0.4, 0.5) is 10.7 Å². The standard InChI is InChI=1S/C15H13NO3S/c1-9-2-4-12-10(6-9)3-5-13(17)16(12)14-7-11(8-20-14)15(18)19/h2,4,6-8H,3,5H2,1H3,(H,18,19). The number of amides is 1. The largest absolute Gasteiger partial charge is 0.478 e. The molecule has 1 amide bonds. The van der Waals surface area contributed by atoms with Crippen LogP contribution < -0.4 is 4.90 Å². The molecule has 0 saturated carbocycles. The van der Waals surface area contributed by atoms with E-state index in [0.29, 0.717) is 11.4 Å². The van der Waals surface area contributed by atoms with Crippen molar-refractivity contribution < 1.29 is 14.7 Å². The van der Waals surface area contributed by atoms with Gasteiger partial charge in [0, 0.05) is 11.8 Å². The minimum Gasteiger partial charge on any atom is -0.478 e. The second-order valence-corrected chi connectivity index (χ2v) is 5.73. The van der Waals surface area contributed by atoms with Crippen LogP contribution in [0.5, 0.6) is 0 Å². The van der Waals surface area contributed by atoms with Crippen molar-refractivity contribution in [1.82, 2.24) is 0 Å². The molecule has 0 unspecified atom stereocenters. The Labute approximate surface area is 120 Å². The van der Waals surface area contributed by atoms with Crippen molar-refractivity contribution in [1.29, 1.82) is 0 Å². The highest BCUT2D eigenvalue weighted by molar-refractivity contribution is 7.14. The number of anilines is 2. The Morgan fingerprint density at radius 2 is 2.10 bits per heavy atom. The summed E-state index contributed by atoms with van der Waals surface area (Å²) < 4.78 is 0. The zero-order valence-corrected chi connectivity index (χ0v) is 11.7. The fourth-order valence-corrected chi connectivity index (χ4v) is 3.33. The summed E-state index contributed by atoms with van der Waals surface area (Å²) in [5, 5.41) is 11.2. The minimum atomic E-state index is -0.971. The number of aromatic carboxylic acids is 1. The van der Waals surface area contributed by atoms with Gasteiger partial charge in [-0.1, -0.05) is 17.7 Å². The van der Waals surface area contributed by atoms with Crippen molar-refractivity contribution in [2.45, 2.75) is 19.8 Å². The highest BCUT2D eigenvalue weighted by Crippen LogP contribution is 2.37. The van der Waals surface area contributed by atoms with Crippen LogP contribution in [0.15, 0.2) is 29.6 Å². The number of hydrogen-bond acceptors (Lipinski definition) is 3. The maximum Gasteiger partial charge on any atom is 0.336 e. The number of benzene rings is 1. The molecule has 1 aromatic carbocycles. The highest BCUT2D eigenvalue weighted by atomic mass is 32.1. The minimum absolute atomic E-state index is 0.0140. The van der Waals surface area contributed by atoms with Crippen molar-refractivity contribution in [3.05, 3.63) is 46.3 Å². The first-order valence-corrected chi connectivity index (χ1v) is 7.18. The Morgan fingerprint density at radius 1 is 1.30 bits per heavy atom. The summed E-state index contributed by atoms with van der Waals surface area (Å²) >= 11 is 1.28. The number of fused-ring (bicyclic) bond motifs is 1. The summed E-state index contributed by atoms with van der Waals surface area (Å²) in [6, 6.07) is 7.54. The normalized spacial score (nSPS) is 14.2. The number of aryl methyl sites for hydroxylation is 2. The van der Waals surface area contributed by atoms with Gasteiger partial charge in [-0.2, -0.15) is 0 Å². The molecule has 20 heavy (non-hydrogen) atoms. The number of carbonyl (C=O) groups is 2. The first-order chi connectivity index (χ1) is 9.56. The summed E-state index contributed by atoms with van der Waals surface area (Å²) in [5.41, 5.74) is 3.38. The lowest BCUT2D eigenvalue weighted by Gasteiger charge is -2.28. The summed E-state index contributed by atoms with van der Waals surface area (Å²) in [4.78, 5) is 24.8. The van der Waals surface area contributed by atoms with E-state index < -0.39 is 5.97 Å². The van der Waals surface area contributed by atoms with Gasteiger partial charge in [-0.05, 0) is 31.0 Å². The first kappa shape index (κ1) is 12.9. The fourth-order valence-electron chi connectivity index (χ4n) is 2.42. The van der Waals surface area contributed by atoms with Crippen molar-refractivity contribution in [3.63, 3.8) is 0 Å². The highest BCUT2D eigenvalue weighted by Gasteiger charge is 2.27. The molecule has 1 N–H and O–H groups in total. The number of thiophene rings is 1. The number of nitrogens with zero attached hydrogens (tertiary/aromatic N) is 1. The summed E-state index contributed by atoms with van der Waals surface area (Å²) in [6.07, 6.45) is 1.19. The number of carbonyl (C=O) groups excluding carboxylic acids is 1. The van der Waals surface area contributed by atoms with Crippen molar-refractivity contribution in [3.8, 4) is 0 Å². The van der Waals surface area contributed by atoms with Gasteiger partial charge in [-0.15, -0.1) is 11.3 Å². The van der Waals surface area contributed by atoms with Gasteiger partial charge >= 0.3 is 5.97 Å². The van der Waals surface area contributed by atoms with Crippen LogP contribution in [-0.2, 0) is 11.2 Å². The lowest BCUT2D eigenvalue weighted by molar-refractivity contribution is -0.118. The van der Waals surface area contributed by atoms with Gasteiger partial charge in [0.1, 0.15) is 5.00 Å². The van der Waals surface area contributed by atoms with E-state index in [2.05, 4.69) is 6.07 Å². The second kappa shape index (κ2) is 4.76. The van der Waals surface area contributed by atoms with E-state index in [1.807, 2.05) is 19.1 Å². The summed E-state index contributed by atoms with van der Waals surface area (Å²) in [5.74, 6) is -0.957. The average molecular weight is 287 g/mol. The third kappa shape index (κ3) is 2.10. The fraction of sp³-hybridized carbons (Fsp3) is 0.200. The molecule has 102 valence electrons. The van der Waals surface area contributed by atoms with Crippen LogP contribution in [0.2, 0.25) is 0 Å². The molecule has 0 radical (unpaired) electrons. The average Bonchev–Trinajstić information content (AvgIpc) is 2.88. The van der Waals surface area contributed by atoms with E-state index in [1.165, 1.54) is 11.3 Å². The van der Waals surface area contributed by atoms with Crippen LogP contribution in [0.1, 0.15) is 27.9 Å². The molecular formula is C15H13NO3S. The zero-order chi connectivity index (χ0) is 14.3. The number of carboxylic acid groups (broad SMARTS) is 1. The van der Waals surface area contributed by atoms with E-state index in [-0.39, 0.29) is 11.5 Å². The van der Waals surface area contributed by atoms with E-state index in [4.69, 9.17) is 5.11 Å². The van der Waals surface area contributed by atoms with Crippen LogP contribution in [-0.4, -0.2) is 17.0 Å². The van der Waals surface area contributed by atoms with E-state index in [0.717, 1.165) is 23.2 Å². The molecule has 1 aromatic heterocycles. The SMILES string of the molecule is Cc1ccc2c(c1)CCC(=O)N2c1cc(C(=O)O)cs1. The maximum absolute atomic E-state index is 12.2. The molecule has 2 aromatic rings. The Kier molecular flexibility index (Phi) is 3.06. The molecule has 0 bridgehead atoms. The van der Waals surface area contributed by atoms with E-state index >= 15 is 0 Å². The van der Waals surface area contributed by atoms with Gasteiger partial charge in [0.05, 0.1) is 11.3 Å². The molecule has 0 spiro atoms. The predicted octanol–water partition coefficient (Wildman–Crippen LogP) is 3.37. The molecular weight excluding hydrogens is 274 g/mol. The second-order valence-electron chi connectivity index (χ2n) is 4.84. The number of carboxylic acids is 1. The summed E-state index contributed by atoms with van der Waals surface area (Å²) in [7, 11) is 0. The molecule has 2 heterocycles. The predicted molar refractivity (Wildman–Crippen MR) is 77.9 cm³/mol. The molecule has 1 aliphatic heterocycles. The van der Waals surface area contributed by atoms with Crippen LogP contribution >= 0.6 is 11.3 Å². The van der Waals surface area contributed by atoms with Crippen LogP contribution in [0, 0.1) is 6.92 Å². The Bertz CT molecular complexity index is 705. The lowest BCUT2D eigenvalue weighted by Crippen LogP contribution is -2.30. The van der Waals surface area contributed by atoms with Crippen LogP contribution in [0.25, 0.3) is 0 Å². The molecule has 4 nitrogen and oxygen atoms in total. The number of hydrogen-bond donors (Lipinski definition) is 1. The van der Waals surface area contributed by atoms with Crippen molar-refractivity contribution in [2.75, 3.05) is 4.90 Å². The van der Waals surface area contributed by atoms with Gasteiger partial charge in [0.2, 0.25) is 5.91 Å². The Hall–Kier alpha value is -2.14. The summed E-state index contributed by atoms with van der Waals surface area (Å²) in [6.45, 7) is 2.02. The molecule has 0 saturated heterocycles. The first-order valence-electron chi connectivity index (χ1n) is 6.30. The molecule has 0 fully saturated rings. The zero-order valence-electron chi connectivity index (χ0n) is 10.9. The monoisotopic (exact) mass is 287 g/mol. The van der Waals surface area contributed by atoms with E-state index in [9.17, 15) is 9.59 Å². The Morgan fingerprint density at radius 3 is 2.80 bits per heavy atom. The van der Waals surface area contributed by atoms with E-state index in [1.54, 1.807) is 16.3 Å². The third-order valence-electron chi connectivity index (χ3n) is 3.39. The topological polar surface area (TPSA) is 57.6 Å². The molecule has 5 heteroatoms. The molecule has 0 atom stereocenters. The lowest BCUT2D eigenvalue weighted by atomic mass is 9.99. The van der Waals surface area contributed by atoms with Gasteiger partial charge in [0.25, 0.3) is 0 Å². The smallest absolute Gasteiger partial charge is 0.336 e. The maximum atomic E-state index is 12.2. The van der Waals surface area contributed by atoms with Gasteiger partial charge in [-0.25, -0.2) is 4.79 Å². The van der Waals surface area contributed by atoms with Crippen molar-refractivity contribution in [2.24, 2.45) is 0 Å². The van der Waals surface area contributed by atoms with Gasteiger partial charge in [-0.3, -0.25) is 9.69 Å². The molecule has 3 rings (SSSR count). The Balaban J connectivity index is 2.08. The van der Waals surface area contributed by atoms with Crippen molar-refractivity contribution >= 4 is 33.9 Å². The third-order valence-corrected chi connectivity index (χ3v) is 4.30. The number of rotatable bonds is 2.